The van der Waals surface area contributed by atoms with Gasteiger partial charge in [-0.1, -0.05) is 6.07 Å². The number of anilines is 1. The lowest BCUT2D eigenvalue weighted by molar-refractivity contribution is -0.141. The molecule has 1 aliphatic heterocycles. The summed E-state index contributed by atoms with van der Waals surface area (Å²) in [7, 11) is 0. The third-order valence-electron chi connectivity index (χ3n) is 6.38. The molecule has 0 saturated heterocycles. The van der Waals surface area contributed by atoms with Crippen molar-refractivity contribution in [1.82, 2.24) is 25.2 Å². The van der Waals surface area contributed by atoms with Crippen molar-refractivity contribution in [2.75, 3.05) is 44.7 Å². The van der Waals surface area contributed by atoms with Gasteiger partial charge in [0.15, 0.2) is 11.4 Å². The van der Waals surface area contributed by atoms with E-state index >= 15 is 0 Å². The molecular formula is C26H35F3N6O4. The van der Waals surface area contributed by atoms with Gasteiger partial charge in [0.05, 0.1) is 6.61 Å². The molecule has 0 aromatic carbocycles. The highest BCUT2D eigenvalue weighted by molar-refractivity contribution is 5.95. The molecule has 10 nitrogen and oxygen atoms in total. The molecule has 39 heavy (non-hydrogen) atoms. The van der Waals surface area contributed by atoms with E-state index in [9.17, 15) is 27.9 Å². The Bertz CT molecular complexity index is 1100. The van der Waals surface area contributed by atoms with E-state index in [2.05, 4.69) is 32.7 Å². The fourth-order valence-corrected chi connectivity index (χ4v) is 4.33. The summed E-state index contributed by atoms with van der Waals surface area (Å²) in [5.41, 5.74) is -0.175. The maximum Gasteiger partial charge on any atom is 0.435 e. The number of halogens is 3. The van der Waals surface area contributed by atoms with Gasteiger partial charge in [0.2, 0.25) is 0 Å². The zero-order valence-corrected chi connectivity index (χ0v) is 22.0. The van der Waals surface area contributed by atoms with Gasteiger partial charge in [-0.3, -0.25) is 4.79 Å². The van der Waals surface area contributed by atoms with E-state index in [4.69, 9.17) is 9.72 Å². The Morgan fingerprint density at radius 1 is 1.18 bits per heavy atom. The van der Waals surface area contributed by atoms with Crippen molar-refractivity contribution in [3.63, 3.8) is 0 Å². The Morgan fingerprint density at radius 2 is 1.97 bits per heavy atom. The first-order valence-corrected chi connectivity index (χ1v) is 13.1. The molecule has 2 aromatic heterocycles. The van der Waals surface area contributed by atoms with Crippen LogP contribution < -0.4 is 10.6 Å². The maximum absolute atomic E-state index is 13.2. The minimum Gasteiger partial charge on any atom is -0.480 e. The number of carbonyl (C=O) groups is 2. The number of ether oxygens (including phenoxy) is 1. The predicted octanol–water partition coefficient (Wildman–Crippen LogP) is 3.18. The number of nitrogens with one attached hydrogen (secondary N) is 2. The summed E-state index contributed by atoms with van der Waals surface area (Å²) >= 11 is 0. The predicted molar refractivity (Wildman–Crippen MR) is 137 cm³/mol. The van der Waals surface area contributed by atoms with Crippen LogP contribution in [0.2, 0.25) is 0 Å². The van der Waals surface area contributed by atoms with E-state index in [1.165, 1.54) is 5.56 Å². The Kier molecular flexibility index (Phi) is 11.4. The smallest absolute Gasteiger partial charge is 0.435 e. The van der Waals surface area contributed by atoms with Gasteiger partial charge in [-0.05, 0) is 63.6 Å². The summed E-state index contributed by atoms with van der Waals surface area (Å²) in [5.74, 6) is -1.63. The third-order valence-corrected chi connectivity index (χ3v) is 6.38. The normalized spacial score (nSPS) is 14.0. The van der Waals surface area contributed by atoms with Crippen molar-refractivity contribution in [3.8, 4) is 0 Å². The molecule has 0 radical (unpaired) electrons. The second-order valence-corrected chi connectivity index (χ2v) is 9.24. The Morgan fingerprint density at radius 3 is 2.72 bits per heavy atom. The molecule has 2 aromatic rings. The standard InChI is InChI=1S/C26H35F3N6O4/c1-2-39-17-16-35(14-4-3-7-19-9-8-18-6-5-11-32-23(18)33-19)15-10-20(25(37)38)34-24(36)21-22(26(27,28)29)31-13-12-30-21/h8-9,12-13,20H,2-7,10-11,14-17H2,1H3,(H,32,33)(H,34,36)(H,37,38). The second kappa shape index (κ2) is 14.7. The van der Waals surface area contributed by atoms with E-state index in [1.54, 1.807) is 0 Å². The SMILES string of the molecule is CCOCCN(CCCCc1ccc2c(n1)NCCC2)CCC(NC(=O)c1nccnc1C(F)(F)F)C(=O)O. The van der Waals surface area contributed by atoms with Crippen LogP contribution in [0.25, 0.3) is 0 Å². The van der Waals surface area contributed by atoms with Gasteiger partial charge < -0.3 is 25.4 Å². The van der Waals surface area contributed by atoms with Crippen molar-refractivity contribution in [2.24, 2.45) is 0 Å². The number of pyridine rings is 1. The Balaban J connectivity index is 1.54. The van der Waals surface area contributed by atoms with Crippen LogP contribution in [0.3, 0.4) is 0 Å². The highest BCUT2D eigenvalue weighted by Gasteiger charge is 2.38. The second-order valence-electron chi connectivity index (χ2n) is 9.24. The number of aryl methyl sites for hydroxylation is 2. The summed E-state index contributed by atoms with van der Waals surface area (Å²) in [6.07, 6.45) is 1.52. The van der Waals surface area contributed by atoms with Crippen LogP contribution in [0.5, 0.6) is 0 Å². The minimum absolute atomic E-state index is 0.00708. The van der Waals surface area contributed by atoms with E-state index in [0.29, 0.717) is 32.8 Å². The van der Waals surface area contributed by atoms with Crippen LogP contribution in [-0.2, 0) is 28.5 Å². The number of aliphatic carboxylic acids is 1. The fourth-order valence-electron chi connectivity index (χ4n) is 4.33. The van der Waals surface area contributed by atoms with Crippen molar-refractivity contribution < 1.29 is 32.6 Å². The molecule has 3 N–H and O–H groups in total. The molecule has 1 atom stereocenters. The van der Waals surface area contributed by atoms with Crippen LogP contribution in [-0.4, -0.2) is 82.3 Å². The van der Waals surface area contributed by atoms with Gasteiger partial charge in [0, 0.05) is 44.3 Å². The highest BCUT2D eigenvalue weighted by atomic mass is 19.4. The van der Waals surface area contributed by atoms with Crippen molar-refractivity contribution >= 4 is 17.7 Å². The molecule has 214 valence electrons. The van der Waals surface area contributed by atoms with Crippen LogP contribution in [0, 0.1) is 0 Å². The minimum atomic E-state index is -4.90. The van der Waals surface area contributed by atoms with E-state index in [-0.39, 0.29) is 6.42 Å². The van der Waals surface area contributed by atoms with Crippen molar-refractivity contribution in [2.45, 2.75) is 57.7 Å². The average molecular weight is 553 g/mol. The van der Waals surface area contributed by atoms with Gasteiger partial charge in [-0.2, -0.15) is 13.2 Å². The monoisotopic (exact) mass is 552 g/mol. The summed E-state index contributed by atoms with van der Waals surface area (Å²) in [5, 5.41) is 15.1. The van der Waals surface area contributed by atoms with Crippen LogP contribution in [0.4, 0.5) is 19.0 Å². The third kappa shape index (κ3) is 9.43. The Hall–Kier alpha value is -3.32. The van der Waals surface area contributed by atoms with E-state index in [0.717, 1.165) is 62.6 Å². The first-order chi connectivity index (χ1) is 18.7. The summed E-state index contributed by atoms with van der Waals surface area (Å²) in [6, 6.07) is 2.78. The molecule has 0 bridgehead atoms. The van der Waals surface area contributed by atoms with E-state index < -0.39 is 35.5 Å². The lowest BCUT2D eigenvalue weighted by atomic mass is 10.1. The fraction of sp³-hybridized carbons (Fsp3) is 0.577. The molecule has 1 aliphatic rings. The number of hydrogen-bond acceptors (Lipinski definition) is 8. The molecule has 0 saturated carbocycles. The number of carboxylic acid groups (broad SMARTS) is 1. The molecule has 1 unspecified atom stereocenters. The van der Waals surface area contributed by atoms with Crippen molar-refractivity contribution in [3.05, 3.63) is 47.2 Å². The molecular weight excluding hydrogens is 517 g/mol. The number of unbranched alkanes of at least 4 members (excludes halogenated alkanes) is 1. The highest BCUT2D eigenvalue weighted by Crippen LogP contribution is 2.29. The van der Waals surface area contributed by atoms with Gasteiger partial charge >= 0.3 is 12.1 Å². The molecule has 3 rings (SSSR count). The number of alkyl halides is 3. The number of carboxylic acids is 1. The number of fused-ring (bicyclic) bond motifs is 1. The first-order valence-electron chi connectivity index (χ1n) is 13.1. The largest absolute Gasteiger partial charge is 0.480 e. The van der Waals surface area contributed by atoms with Crippen LogP contribution in [0.15, 0.2) is 24.5 Å². The number of rotatable bonds is 15. The summed E-state index contributed by atoms with van der Waals surface area (Å²) in [6.45, 7) is 5.32. The molecule has 0 spiro atoms. The molecule has 0 fully saturated rings. The van der Waals surface area contributed by atoms with Gasteiger partial charge in [-0.25, -0.2) is 19.7 Å². The number of amides is 1. The summed E-state index contributed by atoms with van der Waals surface area (Å²) in [4.78, 5) is 37.7. The maximum atomic E-state index is 13.2. The zero-order chi connectivity index (χ0) is 28.3. The lowest BCUT2D eigenvalue weighted by Crippen LogP contribution is -2.44. The topological polar surface area (TPSA) is 130 Å². The summed E-state index contributed by atoms with van der Waals surface area (Å²) < 4.78 is 45.1. The van der Waals surface area contributed by atoms with Gasteiger partial charge in [0.25, 0.3) is 5.91 Å². The average Bonchev–Trinajstić information content (AvgIpc) is 2.92. The van der Waals surface area contributed by atoms with Gasteiger partial charge in [0.1, 0.15) is 11.9 Å². The first kappa shape index (κ1) is 30.2. The molecule has 0 aliphatic carbocycles. The molecule has 1 amide bonds. The molecule has 3 heterocycles. The number of aromatic nitrogens is 3. The Labute approximate surface area is 225 Å². The van der Waals surface area contributed by atoms with Crippen molar-refractivity contribution in [1.29, 1.82) is 0 Å². The lowest BCUT2D eigenvalue weighted by Gasteiger charge is -2.24. The van der Waals surface area contributed by atoms with Gasteiger partial charge in [-0.15, -0.1) is 0 Å². The zero-order valence-electron chi connectivity index (χ0n) is 22.0. The quantitative estimate of drug-likeness (QED) is 0.285. The molecule has 13 heteroatoms. The van der Waals surface area contributed by atoms with Crippen LogP contribution in [0.1, 0.15) is 60.0 Å². The van der Waals surface area contributed by atoms with Crippen LogP contribution >= 0.6 is 0 Å². The number of carbonyl (C=O) groups excluding carboxylic acids is 1. The van der Waals surface area contributed by atoms with E-state index in [1.807, 2.05) is 11.8 Å². The number of hydrogen-bond donors (Lipinski definition) is 3. The number of nitrogens with zero attached hydrogens (tertiary/aromatic N) is 4.